The number of allylic oxidation sites excluding steroid dienone is 1. The number of hydrogen-bond acceptors (Lipinski definition) is 0. The summed E-state index contributed by atoms with van der Waals surface area (Å²) in [4.78, 5) is 0. The molecule has 0 N–H and O–H groups in total. The summed E-state index contributed by atoms with van der Waals surface area (Å²) >= 11 is 0. The molecule has 18 heavy (non-hydrogen) atoms. The van der Waals surface area contributed by atoms with E-state index in [1.54, 1.807) is 0 Å². The van der Waals surface area contributed by atoms with Gasteiger partial charge in [0.15, 0.2) is 0 Å². The number of hydrogen-bond donors (Lipinski definition) is 0. The number of aryl methyl sites for hydroxylation is 1. The Morgan fingerprint density at radius 2 is 1.56 bits per heavy atom. The molecule has 0 saturated carbocycles. The summed E-state index contributed by atoms with van der Waals surface area (Å²) in [5, 5.41) is 0. The number of unbranched alkanes of at least 4 members (excludes halogenated alkanes) is 3. The Kier molecular flexibility index (Phi) is 6.18. The highest BCUT2D eigenvalue weighted by atomic mass is 14.2. The standard InChI is InChI=1S/C18H28/c1-5-6-7-8-9-10-16-11-13-17(14-12-16)15-18(2,3)4/h5,11-14H,1,6-10,15H2,2-4H3. The molecular weight excluding hydrogens is 216 g/mol. The molecule has 0 nitrogen and oxygen atoms in total. The molecule has 0 aliphatic heterocycles. The van der Waals surface area contributed by atoms with Crippen molar-refractivity contribution in [3.8, 4) is 0 Å². The minimum atomic E-state index is 0.381. The van der Waals surface area contributed by atoms with Gasteiger partial charge < -0.3 is 0 Å². The van der Waals surface area contributed by atoms with E-state index in [1.807, 2.05) is 6.08 Å². The van der Waals surface area contributed by atoms with Crippen LogP contribution >= 0.6 is 0 Å². The smallest absolute Gasteiger partial charge is 0.0230 e. The van der Waals surface area contributed by atoms with Crippen molar-refractivity contribution in [2.45, 2.75) is 59.3 Å². The first kappa shape index (κ1) is 15.0. The summed E-state index contributed by atoms with van der Waals surface area (Å²) in [6.45, 7) is 10.6. The maximum Gasteiger partial charge on any atom is -0.0230 e. The van der Waals surface area contributed by atoms with Gasteiger partial charge in [-0.2, -0.15) is 0 Å². The average molecular weight is 244 g/mol. The van der Waals surface area contributed by atoms with Crippen LogP contribution in [0.4, 0.5) is 0 Å². The Labute approximate surface area is 113 Å². The van der Waals surface area contributed by atoms with E-state index in [0.29, 0.717) is 5.41 Å². The van der Waals surface area contributed by atoms with E-state index in [2.05, 4.69) is 51.6 Å². The first-order chi connectivity index (χ1) is 8.51. The van der Waals surface area contributed by atoms with Gasteiger partial charge in [0.1, 0.15) is 0 Å². The Morgan fingerprint density at radius 3 is 2.11 bits per heavy atom. The van der Waals surface area contributed by atoms with E-state index in [1.165, 1.54) is 36.8 Å². The zero-order chi connectivity index (χ0) is 13.4. The zero-order valence-corrected chi connectivity index (χ0v) is 12.3. The van der Waals surface area contributed by atoms with E-state index >= 15 is 0 Å². The summed E-state index contributed by atoms with van der Waals surface area (Å²) in [6, 6.07) is 9.19. The van der Waals surface area contributed by atoms with Gasteiger partial charge in [0.25, 0.3) is 0 Å². The van der Waals surface area contributed by atoms with Crippen molar-refractivity contribution in [2.75, 3.05) is 0 Å². The van der Waals surface area contributed by atoms with Crippen LogP contribution in [0, 0.1) is 5.41 Å². The molecule has 0 saturated heterocycles. The summed E-state index contributed by atoms with van der Waals surface area (Å²) < 4.78 is 0. The fourth-order valence-electron chi connectivity index (χ4n) is 2.23. The lowest BCUT2D eigenvalue weighted by molar-refractivity contribution is 0.411. The molecule has 0 atom stereocenters. The fourth-order valence-corrected chi connectivity index (χ4v) is 2.23. The molecule has 0 spiro atoms. The third kappa shape index (κ3) is 6.64. The first-order valence-electron chi connectivity index (χ1n) is 7.20. The molecule has 1 rings (SSSR count). The van der Waals surface area contributed by atoms with Crippen molar-refractivity contribution in [1.29, 1.82) is 0 Å². The maximum absolute atomic E-state index is 3.76. The SMILES string of the molecule is C=CCCCCCc1ccc(CC(C)(C)C)cc1. The predicted molar refractivity (Wildman–Crippen MR) is 82.0 cm³/mol. The highest BCUT2D eigenvalue weighted by molar-refractivity contribution is 5.23. The van der Waals surface area contributed by atoms with Crippen LogP contribution in [0.1, 0.15) is 57.6 Å². The summed E-state index contributed by atoms with van der Waals surface area (Å²) in [5.41, 5.74) is 3.32. The molecule has 1 aromatic carbocycles. The summed E-state index contributed by atoms with van der Waals surface area (Å²) in [5.74, 6) is 0. The average Bonchev–Trinajstić information content (AvgIpc) is 2.29. The molecule has 0 aliphatic carbocycles. The summed E-state index contributed by atoms with van der Waals surface area (Å²) in [7, 11) is 0. The van der Waals surface area contributed by atoms with Crippen molar-refractivity contribution in [2.24, 2.45) is 5.41 Å². The van der Waals surface area contributed by atoms with E-state index in [0.717, 1.165) is 12.8 Å². The zero-order valence-electron chi connectivity index (χ0n) is 12.3. The number of benzene rings is 1. The van der Waals surface area contributed by atoms with E-state index < -0.39 is 0 Å². The quantitative estimate of drug-likeness (QED) is 0.435. The van der Waals surface area contributed by atoms with Gasteiger partial charge in [-0.05, 0) is 48.6 Å². The largest absolute Gasteiger partial charge is 0.103 e. The Hall–Kier alpha value is -1.04. The Bertz CT molecular complexity index is 337. The molecule has 0 heteroatoms. The molecule has 0 amide bonds. The molecule has 1 aromatic rings. The minimum absolute atomic E-state index is 0.381. The van der Waals surface area contributed by atoms with Crippen LogP contribution in [0.5, 0.6) is 0 Å². The summed E-state index contributed by atoms with van der Waals surface area (Å²) in [6.07, 6.45) is 9.44. The van der Waals surface area contributed by atoms with Crippen LogP contribution in [0.15, 0.2) is 36.9 Å². The second-order valence-corrected chi connectivity index (χ2v) is 6.44. The van der Waals surface area contributed by atoms with E-state index in [4.69, 9.17) is 0 Å². The van der Waals surface area contributed by atoms with Crippen LogP contribution in [0.3, 0.4) is 0 Å². The van der Waals surface area contributed by atoms with Crippen molar-refractivity contribution >= 4 is 0 Å². The molecule has 0 unspecified atom stereocenters. The van der Waals surface area contributed by atoms with E-state index in [-0.39, 0.29) is 0 Å². The molecule has 0 bridgehead atoms. The molecule has 0 heterocycles. The topological polar surface area (TPSA) is 0 Å². The van der Waals surface area contributed by atoms with E-state index in [9.17, 15) is 0 Å². The van der Waals surface area contributed by atoms with Crippen LogP contribution in [-0.4, -0.2) is 0 Å². The van der Waals surface area contributed by atoms with Crippen LogP contribution < -0.4 is 0 Å². The highest BCUT2D eigenvalue weighted by Gasteiger charge is 2.10. The molecule has 0 aliphatic rings. The van der Waals surface area contributed by atoms with Gasteiger partial charge in [-0.25, -0.2) is 0 Å². The lowest BCUT2D eigenvalue weighted by atomic mass is 9.88. The van der Waals surface area contributed by atoms with Crippen molar-refractivity contribution in [3.63, 3.8) is 0 Å². The van der Waals surface area contributed by atoms with Gasteiger partial charge in [0, 0.05) is 0 Å². The monoisotopic (exact) mass is 244 g/mol. The predicted octanol–water partition coefficient (Wildman–Crippen LogP) is 5.56. The molecule has 0 aromatic heterocycles. The lowest BCUT2D eigenvalue weighted by Crippen LogP contribution is -2.08. The fraction of sp³-hybridized carbons (Fsp3) is 0.556. The highest BCUT2D eigenvalue weighted by Crippen LogP contribution is 2.21. The van der Waals surface area contributed by atoms with Crippen LogP contribution in [0.2, 0.25) is 0 Å². The van der Waals surface area contributed by atoms with Crippen molar-refractivity contribution in [3.05, 3.63) is 48.0 Å². The van der Waals surface area contributed by atoms with Crippen LogP contribution in [-0.2, 0) is 12.8 Å². The van der Waals surface area contributed by atoms with Crippen molar-refractivity contribution < 1.29 is 0 Å². The Morgan fingerprint density at radius 1 is 0.944 bits per heavy atom. The third-order valence-corrected chi connectivity index (χ3v) is 3.13. The Balaban J connectivity index is 2.34. The first-order valence-corrected chi connectivity index (χ1v) is 7.20. The minimum Gasteiger partial charge on any atom is -0.103 e. The lowest BCUT2D eigenvalue weighted by Gasteiger charge is -2.18. The van der Waals surface area contributed by atoms with Crippen LogP contribution in [0.25, 0.3) is 0 Å². The molecular formula is C18H28. The molecule has 100 valence electrons. The van der Waals surface area contributed by atoms with Gasteiger partial charge >= 0.3 is 0 Å². The molecule has 0 radical (unpaired) electrons. The van der Waals surface area contributed by atoms with Gasteiger partial charge in [-0.3, -0.25) is 0 Å². The van der Waals surface area contributed by atoms with Gasteiger partial charge in [-0.15, -0.1) is 6.58 Å². The molecule has 0 fully saturated rings. The second kappa shape index (κ2) is 7.41. The van der Waals surface area contributed by atoms with Crippen molar-refractivity contribution in [1.82, 2.24) is 0 Å². The van der Waals surface area contributed by atoms with Gasteiger partial charge in [0.05, 0.1) is 0 Å². The van der Waals surface area contributed by atoms with Gasteiger partial charge in [-0.1, -0.05) is 57.5 Å². The third-order valence-electron chi connectivity index (χ3n) is 3.13. The second-order valence-electron chi connectivity index (χ2n) is 6.44. The normalized spacial score (nSPS) is 11.5. The maximum atomic E-state index is 3.76. The number of rotatable bonds is 7. The van der Waals surface area contributed by atoms with Gasteiger partial charge in [0.2, 0.25) is 0 Å².